The predicted molar refractivity (Wildman–Crippen MR) is 107 cm³/mol. The largest absolute Gasteiger partial charge is 0.451 e. The van der Waals surface area contributed by atoms with Gasteiger partial charge in [0, 0.05) is 12.1 Å². The van der Waals surface area contributed by atoms with E-state index < -0.39 is 5.91 Å². The van der Waals surface area contributed by atoms with Crippen molar-refractivity contribution < 1.29 is 13.6 Å². The van der Waals surface area contributed by atoms with Gasteiger partial charge >= 0.3 is 5.91 Å². The highest BCUT2D eigenvalue weighted by atomic mass is 19.1. The van der Waals surface area contributed by atoms with Crippen LogP contribution in [0.1, 0.15) is 17.5 Å². The summed E-state index contributed by atoms with van der Waals surface area (Å²) in [6, 6.07) is 15.9. The van der Waals surface area contributed by atoms with Crippen molar-refractivity contribution in [1.82, 2.24) is 15.0 Å². The Bertz CT molecular complexity index is 1250. The molecule has 0 spiro atoms. The molecule has 0 saturated heterocycles. The van der Waals surface area contributed by atoms with Crippen molar-refractivity contribution in [2.75, 3.05) is 5.43 Å². The molecule has 0 fully saturated rings. The van der Waals surface area contributed by atoms with E-state index in [0.29, 0.717) is 28.8 Å². The summed E-state index contributed by atoms with van der Waals surface area (Å²) in [6.45, 7) is 2.19. The topological polar surface area (TPSA) is 89.2 Å². The number of benzene rings is 2. The fourth-order valence-corrected chi connectivity index (χ4v) is 2.96. The molecule has 2 aromatic heterocycles. The number of hydrazine groups is 1. The van der Waals surface area contributed by atoms with E-state index in [2.05, 4.69) is 15.8 Å². The molecule has 29 heavy (non-hydrogen) atoms. The summed E-state index contributed by atoms with van der Waals surface area (Å²) >= 11 is 0. The molecular weight excluding hydrogens is 375 g/mol. The van der Waals surface area contributed by atoms with Gasteiger partial charge in [-0.1, -0.05) is 12.1 Å². The molecule has 0 radical (unpaired) electrons. The summed E-state index contributed by atoms with van der Waals surface area (Å²) in [6.07, 6.45) is 0. The Balaban J connectivity index is 1.54. The molecule has 4 aromatic rings. The molecule has 0 saturated carbocycles. The van der Waals surface area contributed by atoms with Crippen molar-refractivity contribution in [3.05, 3.63) is 82.6 Å². The lowest BCUT2D eigenvalue weighted by Gasteiger charge is -2.13. The van der Waals surface area contributed by atoms with Gasteiger partial charge in [0.15, 0.2) is 5.76 Å². The first-order valence-electron chi connectivity index (χ1n) is 8.98. The van der Waals surface area contributed by atoms with Crippen molar-refractivity contribution in [3.63, 3.8) is 0 Å². The number of furan rings is 1. The fraction of sp³-hybridized carbons (Fsp3) is 0.0952. The van der Waals surface area contributed by atoms with Crippen molar-refractivity contribution >= 4 is 22.8 Å². The Kier molecular flexibility index (Phi) is 4.82. The van der Waals surface area contributed by atoms with Gasteiger partial charge in [-0.25, -0.2) is 9.37 Å². The second kappa shape index (κ2) is 7.59. The minimum atomic E-state index is -0.538. The van der Waals surface area contributed by atoms with Crippen molar-refractivity contribution in [2.24, 2.45) is 0 Å². The van der Waals surface area contributed by atoms with E-state index in [1.807, 2.05) is 6.92 Å². The first kappa shape index (κ1) is 18.4. The lowest BCUT2D eigenvalue weighted by molar-refractivity contribution is 0.0935. The number of nitrogens with zero attached hydrogens (tertiary/aromatic N) is 2. The Morgan fingerprint density at radius 1 is 1.10 bits per heavy atom. The first-order chi connectivity index (χ1) is 14.1. The molecular formula is C21H17FN4O3. The number of aromatic nitrogens is 2. The van der Waals surface area contributed by atoms with Crippen LogP contribution in [0.2, 0.25) is 0 Å². The zero-order chi connectivity index (χ0) is 20.4. The van der Waals surface area contributed by atoms with E-state index in [0.717, 1.165) is 0 Å². The molecule has 0 atom stereocenters. The SMILES string of the molecule is CCn1c(NNC(=O)c2ccc(-c3ccc(F)cc3)o2)nc2ccccc2c1=O. The number of nitrogens with one attached hydrogen (secondary N) is 2. The van der Waals surface area contributed by atoms with E-state index in [9.17, 15) is 14.0 Å². The van der Waals surface area contributed by atoms with E-state index in [4.69, 9.17) is 4.42 Å². The molecule has 7 nitrogen and oxygen atoms in total. The maximum atomic E-state index is 13.1. The maximum Gasteiger partial charge on any atom is 0.305 e. The van der Waals surface area contributed by atoms with Crippen LogP contribution in [-0.4, -0.2) is 15.5 Å². The number of rotatable bonds is 5. The summed E-state index contributed by atoms with van der Waals surface area (Å²) in [5.41, 5.74) is 6.15. The smallest absolute Gasteiger partial charge is 0.305 e. The number of carbonyl (C=O) groups is 1. The Hall–Kier alpha value is -3.94. The quantitative estimate of drug-likeness (QED) is 0.507. The van der Waals surface area contributed by atoms with E-state index in [1.165, 1.54) is 22.8 Å². The first-order valence-corrected chi connectivity index (χ1v) is 8.98. The monoisotopic (exact) mass is 392 g/mol. The number of hydrogen-bond donors (Lipinski definition) is 2. The van der Waals surface area contributed by atoms with Crippen LogP contribution < -0.4 is 16.4 Å². The molecule has 0 unspecified atom stereocenters. The van der Waals surface area contributed by atoms with Crippen LogP contribution in [0, 0.1) is 5.82 Å². The number of fused-ring (bicyclic) bond motifs is 1. The van der Waals surface area contributed by atoms with Crippen molar-refractivity contribution in [3.8, 4) is 11.3 Å². The second-order valence-electron chi connectivity index (χ2n) is 6.25. The number of anilines is 1. The minimum absolute atomic E-state index is 0.0583. The fourth-order valence-electron chi connectivity index (χ4n) is 2.96. The molecule has 8 heteroatoms. The van der Waals surface area contributed by atoms with Crippen LogP contribution in [0.15, 0.2) is 69.9 Å². The van der Waals surface area contributed by atoms with Crippen LogP contribution in [0.25, 0.3) is 22.2 Å². The van der Waals surface area contributed by atoms with Gasteiger partial charge in [-0.2, -0.15) is 0 Å². The normalized spacial score (nSPS) is 10.8. The Morgan fingerprint density at radius 2 is 1.86 bits per heavy atom. The summed E-state index contributed by atoms with van der Waals surface area (Å²) in [5, 5.41) is 0.501. The average Bonchev–Trinajstić information content (AvgIpc) is 3.23. The second-order valence-corrected chi connectivity index (χ2v) is 6.25. The van der Waals surface area contributed by atoms with Crippen LogP contribution >= 0.6 is 0 Å². The molecule has 2 N–H and O–H groups in total. The number of hydrogen-bond acceptors (Lipinski definition) is 5. The number of para-hydroxylation sites is 1. The van der Waals surface area contributed by atoms with Gasteiger partial charge < -0.3 is 4.42 Å². The Labute approximate surface area is 164 Å². The summed E-state index contributed by atoms with van der Waals surface area (Å²) < 4.78 is 20.0. The lowest BCUT2D eigenvalue weighted by Crippen LogP contribution is -2.34. The van der Waals surface area contributed by atoms with E-state index in [1.54, 1.807) is 42.5 Å². The third-order valence-corrected chi connectivity index (χ3v) is 4.42. The van der Waals surface area contributed by atoms with Gasteiger partial charge in [0.1, 0.15) is 11.6 Å². The Morgan fingerprint density at radius 3 is 2.62 bits per heavy atom. The highest BCUT2D eigenvalue weighted by Crippen LogP contribution is 2.22. The average molecular weight is 392 g/mol. The van der Waals surface area contributed by atoms with Gasteiger partial charge in [-0.15, -0.1) is 0 Å². The van der Waals surface area contributed by atoms with Gasteiger partial charge in [-0.3, -0.25) is 25.0 Å². The number of carbonyl (C=O) groups excluding carboxylic acids is 1. The zero-order valence-corrected chi connectivity index (χ0v) is 15.5. The molecule has 1 amide bonds. The minimum Gasteiger partial charge on any atom is -0.451 e. The number of amides is 1. The van der Waals surface area contributed by atoms with Crippen molar-refractivity contribution in [1.29, 1.82) is 0 Å². The summed E-state index contributed by atoms with van der Waals surface area (Å²) in [4.78, 5) is 29.4. The molecule has 146 valence electrons. The highest BCUT2D eigenvalue weighted by Gasteiger charge is 2.14. The van der Waals surface area contributed by atoms with E-state index in [-0.39, 0.29) is 23.1 Å². The molecule has 0 aliphatic carbocycles. The summed E-state index contributed by atoms with van der Waals surface area (Å²) in [7, 11) is 0. The molecule has 0 aliphatic rings. The number of halogens is 1. The molecule has 4 rings (SSSR count). The standard InChI is InChI=1S/C21H17FN4O3/c1-2-26-20(28)15-5-3-4-6-16(15)23-21(26)25-24-19(27)18-12-11-17(29-18)13-7-9-14(22)10-8-13/h3-12H,2H2,1H3,(H,23,25)(H,24,27). The van der Waals surface area contributed by atoms with Crippen LogP contribution in [0.3, 0.4) is 0 Å². The zero-order valence-electron chi connectivity index (χ0n) is 15.5. The third-order valence-electron chi connectivity index (χ3n) is 4.42. The lowest BCUT2D eigenvalue weighted by atomic mass is 10.2. The predicted octanol–water partition coefficient (Wildman–Crippen LogP) is 3.57. The van der Waals surface area contributed by atoms with Gasteiger partial charge in [0.25, 0.3) is 5.56 Å². The molecule has 2 aromatic carbocycles. The van der Waals surface area contributed by atoms with Gasteiger partial charge in [-0.05, 0) is 55.5 Å². The highest BCUT2D eigenvalue weighted by molar-refractivity contribution is 5.92. The van der Waals surface area contributed by atoms with Gasteiger partial charge in [0.05, 0.1) is 10.9 Å². The molecule has 2 heterocycles. The summed E-state index contributed by atoms with van der Waals surface area (Å²) in [5.74, 6) is -0.182. The van der Waals surface area contributed by atoms with Gasteiger partial charge in [0.2, 0.25) is 5.95 Å². The molecule has 0 bridgehead atoms. The van der Waals surface area contributed by atoms with Crippen molar-refractivity contribution in [2.45, 2.75) is 13.5 Å². The van der Waals surface area contributed by atoms with E-state index >= 15 is 0 Å². The molecule has 0 aliphatic heterocycles. The van der Waals surface area contributed by atoms with Crippen LogP contribution in [-0.2, 0) is 6.54 Å². The maximum absolute atomic E-state index is 13.1. The van der Waals surface area contributed by atoms with Crippen LogP contribution in [0.4, 0.5) is 10.3 Å². The third kappa shape index (κ3) is 3.60. The van der Waals surface area contributed by atoms with Crippen LogP contribution in [0.5, 0.6) is 0 Å².